The van der Waals surface area contributed by atoms with Gasteiger partial charge in [0.05, 0.1) is 0 Å². The summed E-state index contributed by atoms with van der Waals surface area (Å²) in [6.07, 6.45) is 13.3. The van der Waals surface area contributed by atoms with Gasteiger partial charge in [-0.25, -0.2) is 0 Å². The molecule has 0 amide bonds. The van der Waals surface area contributed by atoms with Crippen LogP contribution < -0.4 is 0 Å². The Bertz CT molecular complexity index is 134. The van der Waals surface area contributed by atoms with Crippen molar-refractivity contribution in [2.45, 2.75) is 78.6 Å². The summed E-state index contributed by atoms with van der Waals surface area (Å²) in [7, 11) is 0. The van der Waals surface area contributed by atoms with Crippen molar-refractivity contribution in [2.75, 3.05) is 0 Å². The fraction of sp³-hybridized carbons (Fsp3) is 1.00. The van der Waals surface area contributed by atoms with E-state index < -0.39 is 0 Å². The minimum absolute atomic E-state index is 1.00. The predicted octanol–water partition coefficient (Wildman–Crippen LogP) is 5.42. The zero-order chi connectivity index (χ0) is 11.1. The van der Waals surface area contributed by atoms with E-state index in [0.717, 1.165) is 17.8 Å². The molecule has 2 unspecified atom stereocenters. The van der Waals surface area contributed by atoms with Crippen LogP contribution in [0.25, 0.3) is 0 Å². The molecule has 2 aliphatic rings. The van der Waals surface area contributed by atoms with E-state index in [1.165, 1.54) is 57.8 Å². The largest absolute Gasteiger partial charge is 0.0625 e. The predicted molar refractivity (Wildman–Crippen MR) is 69.0 cm³/mol. The lowest BCUT2D eigenvalue weighted by atomic mass is 9.82. The molecule has 2 fully saturated rings. The molecular formula is C15H30. The van der Waals surface area contributed by atoms with Crippen molar-refractivity contribution in [3.63, 3.8) is 0 Å². The molecular weight excluding hydrogens is 180 g/mol. The third kappa shape index (κ3) is 5.58. The Morgan fingerprint density at radius 3 is 1.20 bits per heavy atom. The molecule has 0 N–H and O–H groups in total. The minimum Gasteiger partial charge on any atom is -0.0625 e. The lowest BCUT2D eigenvalue weighted by Gasteiger charge is -2.24. The highest BCUT2D eigenvalue weighted by atomic mass is 14.2. The average Bonchev–Trinajstić information content (AvgIpc) is 2.25. The molecule has 0 spiro atoms. The Hall–Kier alpha value is 0. The second-order valence-electron chi connectivity index (χ2n) is 5.98. The molecule has 0 radical (unpaired) electrons. The Morgan fingerprint density at radius 1 is 0.533 bits per heavy atom. The van der Waals surface area contributed by atoms with Crippen LogP contribution >= 0.6 is 0 Å². The fourth-order valence-corrected chi connectivity index (χ4v) is 2.81. The maximum Gasteiger partial charge on any atom is -0.0417 e. The molecule has 2 atom stereocenters. The molecule has 0 aromatic carbocycles. The van der Waals surface area contributed by atoms with Crippen LogP contribution in [0.4, 0.5) is 0 Å². The van der Waals surface area contributed by atoms with Crippen molar-refractivity contribution in [1.29, 1.82) is 0 Å². The third-order valence-electron chi connectivity index (χ3n) is 4.43. The van der Waals surface area contributed by atoms with Crippen molar-refractivity contribution >= 4 is 0 Å². The first-order chi connectivity index (χ1) is 7.20. The molecule has 2 saturated carbocycles. The molecule has 0 heteroatoms. The standard InChI is InChI=1S/C8H16.C7H14/c1-7-5-3-4-6-8(7)2;1-7-5-3-2-4-6-7/h7-8H,3-6H2,1-2H3;7H,2-6H2,1H3. The normalized spacial score (nSPS) is 33.0. The monoisotopic (exact) mass is 210 g/mol. The van der Waals surface area contributed by atoms with Crippen LogP contribution in [0.15, 0.2) is 0 Å². The zero-order valence-corrected chi connectivity index (χ0v) is 11.1. The van der Waals surface area contributed by atoms with Crippen LogP contribution in [0.1, 0.15) is 78.6 Å². The van der Waals surface area contributed by atoms with Gasteiger partial charge in [0.25, 0.3) is 0 Å². The lowest BCUT2D eigenvalue weighted by molar-refractivity contribution is 0.277. The van der Waals surface area contributed by atoms with Gasteiger partial charge in [0, 0.05) is 0 Å². The summed E-state index contributed by atoms with van der Waals surface area (Å²) < 4.78 is 0. The van der Waals surface area contributed by atoms with Crippen molar-refractivity contribution in [1.82, 2.24) is 0 Å². The highest BCUT2D eigenvalue weighted by molar-refractivity contribution is 4.67. The van der Waals surface area contributed by atoms with Crippen LogP contribution in [-0.2, 0) is 0 Å². The first-order valence-electron chi connectivity index (χ1n) is 7.20. The van der Waals surface area contributed by atoms with Gasteiger partial charge in [-0.3, -0.25) is 0 Å². The lowest BCUT2D eigenvalue weighted by Crippen LogP contribution is -2.12. The van der Waals surface area contributed by atoms with Crippen molar-refractivity contribution in [3.8, 4) is 0 Å². The first-order valence-corrected chi connectivity index (χ1v) is 7.20. The van der Waals surface area contributed by atoms with E-state index in [1.54, 1.807) is 0 Å². The molecule has 2 rings (SSSR count). The summed E-state index contributed by atoms with van der Waals surface area (Å²) in [6, 6.07) is 0. The van der Waals surface area contributed by atoms with E-state index >= 15 is 0 Å². The van der Waals surface area contributed by atoms with Gasteiger partial charge in [-0.05, 0) is 17.8 Å². The summed E-state index contributed by atoms with van der Waals surface area (Å²) in [5.74, 6) is 3.04. The number of rotatable bonds is 0. The highest BCUT2D eigenvalue weighted by Gasteiger charge is 2.15. The SMILES string of the molecule is CC1CCCCC1.CC1CCCCC1C. The van der Waals surface area contributed by atoms with Crippen LogP contribution in [0.5, 0.6) is 0 Å². The fourth-order valence-electron chi connectivity index (χ4n) is 2.81. The molecule has 15 heavy (non-hydrogen) atoms. The van der Waals surface area contributed by atoms with Gasteiger partial charge in [-0.1, -0.05) is 78.6 Å². The van der Waals surface area contributed by atoms with Gasteiger partial charge in [0.15, 0.2) is 0 Å². The highest BCUT2D eigenvalue weighted by Crippen LogP contribution is 2.28. The third-order valence-corrected chi connectivity index (χ3v) is 4.43. The van der Waals surface area contributed by atoms with E-state index in [-0.39, 0.29) is 0 Å². The zero-order valence-electron chi connectivity index (χ0n) is 11.1. The molecule has 0 aliphatic heterocycles. The van der Waals surface area contributed by atoms with E-state index in [4.69, 9.17) is 0 Å². The summed E-state index contributed by atoms with van der Waals surface area (Å²) in [5.41, 5.74) is 0. The van der Waals surface area contributed by atoms with E-state index in [9.17, 15) is 0 Å². The molecule has 0 aromatic rings. The van der Waals surface area contributed by atoms with Gasteiger partial charge in [-0.15, -0.1) is 0 Å². The summed E-state index contributed by atoms with van der Waals surface area (Å²) >= 11 is 0. The molecule has 0 bridgehead atoms. The maximum atomic E-state index is 2.38. The van der Waals surface area contributed by atoms with Gasteiger partial charge < -0.3 is 0 Å². The van der Waals surface area contributed by atoms with E-state index in [0.29, 0.717) is 0 Å². The summed E-state index contributed by atoms with van der Waals surface area (Å²) in [6.45, 7) is 7.12. The van der Waals surface area contributed by atoms with Crippen LogP contribution in [-0.4, -0.2) is 0 Å². The summed E-state index contributed by atoms with van der Waals surface area (Å²) in [4.78, 5) is 0. The smallest absolute Gasteiger partial charge is 0.0417 e. The Balaban J connectivity index is 0.000000151. The Morgan fingerprint density at radius 2 is 0.933 bits per heavy atom. The Labute approximate surface area is 96.8 Å². The van der Waals surface area contributed by atoms with Gasteiger partial charge in [0.1, 0.15) is 0 Å². The second kappa shape index (κ2) is 7.30. The molecule has 0 heterocycles. The van der Waals surface area contributed by atoms with Gasteiger partial charge >= 0.3 is 0 Å². The van der Waals surface area contributed by atoms with Crippen LogP contribution in [0, 0.1) is 17.8 Å². The van der Waals surface area contributed by atoms with E-state index in [1.807, 2.05) is 0 Å². The van der Waals surface area contributed by atoms with Crippen molar-refractivity contribution < 1.29 is 0 Å². The van der Waals surface area contributed by atoms with Crippen molar-refractivity contribution in [2.24, 2.45) is 17.8 Å². The van der Waals surface area contributed by atoms with Gasteiger partial charge in [0.2, 0.25) is 0 Å². The van der Waals surface area contributed by atoms with E-state index in [2.05, 4.69) is 20.8 Å². The first kappa shape index (κ1) is 13.1. The Kier molecular flexibility index (Phi) is 6.36. The molecule has 0 aromatic heterocycles. The van der Waals surface area contributed by atoms with Crippen molar-refractivity contribution in [3.05, 3.63) is 0 Å². The second-order valence-corrected chi connectivity index (χ2v) is 5.98. The quantitative estimate of drug-likeness (QED) is 0.501. The van der Waals surface area contributed by atoms with Crippen LogP contribution in [0.2, 0.25) is 0 Å². The molecule has 2 aliphatic carbocycles. The van der Waals surface area contributed by atoms with Gasteiger partial charge in [-0.2, -0.15) is 0 Å². The number of hydrogen-bond donors (Lipinski definition) is 0. The summed E-state index contributed by atoms with van der Waals surface area (Å²) in [5, 5.41) is 0. The molecule has 0 saturated heterocycles. The topological polar surface area (TPSA) is 0 Å². The molecule has 90 valence electrons. The average molecular weight is 210 g/mol. The van der Waals surface area contributed by atoms with Crippen LogP contribution in [0.3, 0.4) is 0 Å². The maximum absolute atomic E-state index is 2.38. The molecule has 0 nitrogen and oxygen atoms in total. The number of hydrogen-bond acceptors (Lipinski definition) is 0. The minimum atomic E-state index is 1.00.